The summed E-state index contributed by atoms with van der Waals surface area (Å²) in [5.74, 6) is 1.22. The summed E-state index contributed by atoms with van der Waals surface area (Å²) in [4.78, 5) is 15.1. The zero-order valence-electron chi connectivity index (χ0n) is 15.2. The van der Waals surface area contributed by atoms with Crippen molar-refractivity contribution in [3.8, 4) is 0 Å². The Kier molecular flexibility index (Phi) is 5.92. The van der Waals surface area contributed by atoms with Crippen molar-refractivity contribution in [2.24, 2.45) is 5.92 Å². The molecule has 0 spiro atoms. The van der Waals surface area contributed by atoms with E-state index in [4.69, 9.17) is 4.42 Å². The van der Waals surface area contributed by atoms with Crippen LogP contribution in [0.15, 0.2) is 47.1 Å². The molecule has 1 saturated heterocycles. The Morgan fingerprint density at radius 2 is 2.08 bits per heavy atom. The van der Waals surface area contributed by atoms with Gasteiger partial charge in [0.1, 0.15) is 5.76 Å². The molecule has 1 aliphatic rings. The number of hydrogen-bond donors (Lipinski definition) is 1. The molecule has 4 nitrogen and oxygen atoms in total. The van der Waals surface area contributed by atoms with Crippen molar-refractivity contribution >= 4 is 5.91 Å². The van der Waals surface area contributed by atoms with E-state index in [0.717, 1.165) is 38.1 Å². The summed E-state index contributed by atoms with van der Waals surface area (Å²) < 4.78 is 5.48. The van der Waals surface area contributed by atoms with Crippen molar-refractivity contribution in [3.63, 3.8) is 0 Å². The fourth-order valence-electron chi connectivity index (χ4n) is 3.49. The number of hydrogen-bond acceptors (Lipinski definition) is 3. The van der Waals surface area contributed by atoms with Crippen LogP contribution < -0.4 is 5.32 Å². The van der Waals surface area contributed by atoms with Gasteiger partial charge in [-0.05, 0) is 57.4 Å². The van der Waals surface area contributed by atoms with Gasteiger partial charge in [-0.25, -0.2) is 0 Å². The van der Waals surface area contributed by atoms with Crippen LogP contribution in [0, 0.1) is 12.8 Å². The summed E-state index contributed by atoms with van der Waals surface area (Å²) >= 11 is 0. The first-order valence-electron chi connectivity index (χ1n) is 9.22. The zero-order chi connectivity index (χ0) is 17.6. The lowest BCUT2D eigenvalue weighted by atomic mass is 9.92. The monoisotopic (exact) mass is 340 g/mol. The second kappa shape index (κ2) is 8.34. The van der Waals surface area contributed by atoms with Gasteiger partial charge in [-0.15, -0.1) is 0 Å². The Morgan fingerprint density at radius 3 is 2.76 bits per heavy atom. The molecule has 1 amide bonds. The molecule has 1 N–H and O–H groups in total. The van der Waals surface area contributed by atoms with Gasteiger partial charge < -0.3 is 14.6 Å². The largest absolute Gasteiger partial charge is 0.467 e. The lowest BCUT2D eigenvalue weighted by Gasteiger charge is -2.32. The van der Waals surface area contributed by atoms with E-state index in [2.05, 4.69) is 43.4 Å². The highest BCUT2D eigenvalue weighted by Crippen LogP contribution is 2.21. The summed E-state index contributed by atoms with van der Waals surface area (Å²) in [5, 5.41) is 3.43. The fraction of sp³-hybridized carbons (Fsp3) is 0.476. The number of carbonyl (C=O) groups is 1. The third-order valence-electron chi connectivity index (χ3n) is 5.00. The number of nitrogens with one attached hydrogen (secondary N) is 1. The van der Waals surface area contributed by atoms with Crippen LogP contribution in [0.25, 0.3) is 0 Å². The van der Waals surface area contributed by atoms with Gasteiger partial charge in [-0.2, -0.15) is 0 Å². The molecule has 2 aromatic rings. The molecule has 0 unspecified atom stereocenters. The first-order valence-corrected chi connectivity index (χ1v) is 9.22. The van der Waals surface area contributed by atoms with Crippen molar-refractivity contribution in [1.29, 1.82) is 0 Å². The number of amides is 1. The lowest BCUT2D eigenvalue weighted by Crippen LogP contribution is -2.44. The van der Waals surface area contributed by atoms with E-state index >= 15 is 0 Å². The fourth-order valence-corrected chi connectivity index (χ4v) is 3.49. The van der Waals surface area contributed by atoms with Crippen molar-refractivity contribution in [3.05, 3.63) is 59.5 Å². The highest BCUT2D eigenvalue weighted by atomic mass is 16.3. The Morgan fingerprint density at radius 1 is 1.28 bits per heavy atom. The Bertz CT molecular complexity index is 664. The molecular weight excluding hydrogens is 312 g/mol. The van der Waals surface area contributed by atoms with E-state index in [9.17, 15) is 4.79 Å². The van der Waals surface area contributed by atoms with E-state index < -0.39 is 0 Å². The maximum Gasteiger partial charge on any atom is 0.226 e. The van der Waals surface area contributed by atoms with Crippen molar-refractivity contribution in [1.82, 2.24) is 10.2 Å². The minimum atomic E-state index is 0.115. The molecule has 1 aliphatic heterocycles. The summed E-state index contributed by atoms with van der Waals surface area (Å²) in [6, 6.07) is 12.8. The van der Waals surface area contributed by atoms with Gasteiger partial charge in [0.15, 0.2) is 0 Å². The molecule has 1 aromatic heterocycles. The third kappa shape index (κ3) is 4.95. The van der Waals surface area contributed by atoms with E-state index in [-0.39, 0.29) is 11.8 Å². The number of aryl methyl sites for hydroxylation is 1. The molecule has 4 heteroatoms. The summed E-state index contributed by atoms with van der Waals surface area (Å²) in [7, 11) is 0. The second-order valence-corrected chi connectivity index (χ2v) is 7.15. The van der Waals surface area contributed by atoms with Gasteiger partial charge in [-0.3, -0.25) is 4.79 Å². The number of piperidine rings is 1. The Labute approximate surface area is 150 Å². The molecule has 1 aromatic carbocycles. The minimum absolute atomic E-state index is 0.115. The summed E-state index contributed by atoms with van der Waals surface area (Å²) in [6.45, 7) is 6.44. The third-order valence-corrected chi connectivity index (χ3v) is 5.00. The number of rotatable bonds is 6. The first-order chi connectivity index (χ1) is 12.1. The lowest BCUT2D eigenvalue weighted by molar-refractivity contribution is -0.137. The maximum atomic E-state index is 13.1. The van der Waals surface area contributed by atoms with Crippen LogP contribution in [-0.2, 0) is 17.8 Å². The van der Waals surface area contributed by atoms with Gasteiger partial charge in [0.2, 0.25) is 5.91 Å². The van der Waals surface area contributed by atoms with Gasteiger partial charge in [0.25, 0.3) is 0 Å². The van der Waals surface area contributed by atoms with Crippen LogP contribution in [0.4, 0.5) is 0 Å². The number of benzene rings is 1. The summed E-state index contributed by atoms with van der Waals surface area (Å²) in [6.07, 6.45) is 4.37. The van der Waals surface area contributed by atoms with Crippen LogP contribution in [0.2, 0.25) is 0 Å². The molecular formula is C21H28N2O2. The average molecular weight is 340 g/mol. The molecule has 134 valence electrons. The van der Waals surface area contributed by atoms with Crippen LogP contribution in [0.3, 0.4) is 0 Å². The van der Waals surface area contributed by atoms with Gasteiger partial charge in [-0.1, -0.05) is 29.8 Å². The van der Waals surface area contributed by atoms with E-state index in [1.165, 1.54) is 11.1 Å². The van der Waals surface area contributed by atoms with Crippen LogP contribution in [0.1, 0.15) is 36.7 Å². The van der Waals surface area contributed by atoms with Gasteiger partial charge in [0, 0.05) is 18.5 Å². The number of carbonyl (C=O) groups excluding carboxylic acids is 1. The van der Waals surface area contributed by atoms with E-state index in [0.29, 0.717) is 12.6 Å². The predicted octanol–water partition coefficient (Wildman–Crippen LogP) is 3.55. The SMILES string of the molecule is Cc1ccc(CCN(Cc2ccco2)C(=O)[C@H]2CCN[C@@H](C)C2)cc1. The topological polar surface area (TPSA) is 45.5 Å². The smallest absolute Gasteiger partial charge is 0.226 e. The number of furan rings is 1. The Hall–Kier alpha value is -2.07. The summed E-state index contributed by atoms with van der Waals surface area (Å²) in [5.41, 5.74) is 2.53. The molecule has 0 aliphatic carbocycles. The molecule has 3 rings (SSSR count). The highest BCUT2D eigenvalue weighted by molar-refractivity contribution is 5.79. The second-order valence-electron chi connectivity index (χ2n) is 7.15. The van der Waals surface area contributed by atoms with Gasteiger partial charge in [0.05, 0.1) is 12.8 Å². The molecule has 2 heterocycles. The quantitative estimate of drug-likeness (QED) is 0.875. The molecule has 1 fully saturated rings. The molecule has 25 heavy (non-hydrogen) atoms. The molecule has 0 saturated carbocycles. The molecule has 0 bridgehead atoms. The number of nitrogens with zero attached hydrogens (tertiary/aromatic N) is 1. The van der Waals surface area contributed by atoms with Crippen molar-refractivity contribution < 1.29 is 9.21 Å². The van der Waals surface area contributed by atoms with Crippen LogP contribution in [0.5, 0.6) is 0 Å². The maximum absolute atomic E-state index is 13.1. The standard InChI is InChI=1S/C21H28N2O2/c1-16-5-7-18(8-6-16)10-12-23(15-20-4-3-13-25-20)21(24)19-9-11-22-17(2)14-19/h3-8,13,17,19,22H,9-12,14-15H2,1-2H3/t17-,19-/m0/s1. The molecule has 0 radical (unpaired) electrons. The predicted molar refractivity (Wildman–Crippen MR) is 99.2 cm³/mol. The van der Waals surface area contributed by atoms with Crippen molar-refractivity contribution in [2.75, 3.05) is 13.1 Å². The van der Waals surface area contributed by atoms with Crippen LogP contribution in [-0.4, -0.2) is 29.9 Å². The minimum Gasteiger partial charge on any atom is -0.467 e. The van der Waals surface area contributed by atoms with Crippen LogP contribution >= 0.6 is 0 Å². The first kappa shape index (κ1) is 17.7. The Balaban J connectivity index is 1.67. The van der Waals surface area contributed by atoms with E-state index in [1.807, 2.05) is 17.0 Å². The van der Waals surface area contributed by atoms with Crippen molar-refractivity contribution in [2.45, 2.75) is 45.7 Å². The zero-order valence-corrected chi connectivity index (χ0v) is 15.2. The normalized spacial score (nSPS) is 20.4. The molecule has 2 atom stereocenters. The highest BCUT2D eigenvalue weighted by Gasteiger charge is 2.28. The average Bonchev–Trinajstić information content (AvgIpc) is 3.12. The van der Waals surface area contributed by atoms with Gasteiger partial charge >= 0.3 is 0 Å². The van der Waals surface area contributed by atoms with E-state index in [1.54, 1.807) is 6.26 Å².